The summed E-state index contributed by atoms with van der Waals surface area (Å²) in [7, 11) is 0. The number of aryl methyl sites for hydroxylation is 4. The number of hydrogen-bond acceptors (Lipinski definition) is 2. The van der Waals surface area contributed by atoms with E-state index in [1.54, 1.807) is 11.1 Å². The molecule has 1 rings (SSSR count). The van der Waals surface area contributed by atoms with Gasteiger partial charge in [-0.3, -0.25) is 0 Å². The molecule has 1 aromatic rings. The average Bonchev–Trinajstić information content (AvgIpc) is 2.60. The van der Waals surface area contributed by atoms with Gasteiger partial charge < -0.3 is 10.2 Å². The van der Waals surface area contributed by atoms with Crippen LogP contribution in [0.5, 0.6) is 0 Å². The van der Waals surface area contributed by atoms with Crippen LogP contribution in [0, 0.1) is 0 Å². The highest BCUT2D eigenvalue weighted by Crippen LogP contribution is 2.24. The maximum absolute atomic E-state index is 9.07. The number of hydrogen-bond donors (Lipinski definition) is 2. The fourth-order valence-corrected chi connectivity index (χ4v) is 3.31. The molecule has 0 aliphatic carbocycles. The van der Waals surface area contributed by atoms with Gasteiger partial charge in [0.2, 0.25) is 0 Å². The van der Waals surface area contributed by atoms with Gasteiger partial charge in [-0.25, -0.2) is 0 Å². The number of aliphatic hydroxyl groups excluding tert-OH is 2. The first-order valence-corrected chi connectivity index (χ1v) is 10.1. The number of aliphatic hydroxyl groups is 2. The van der Waals surface area contributed by atoms with Gasteiger partial charge in [-0.15, -0.1) is 0 Å². The van der Waals surface area contributed by atoms with Crippen molar-refractivity contribution in [2.75, 3.05) is 13.2 Å². The summed E-state index contributed by atoms with van der Waals surface area (Å²) < 4.78 is 0. The molecule has 0 saturated carbocycles. The highest BCUT2D eigenvalue weighted by molar-refractivity contribution is 5.39. The smallest absolute Gasteiger partial charge is 0.0431 e. The first kappa shape index (κ1) is 21.2. The molecule has 0 unspecified atom stereocenters. The van der Waals surface area contributed by atoms with E-state index in [-0.39, 0.29) is 13.2 Å². The molecule has 0 saturated heterocycles. The van der Waals surface area contributed by atoms with Crippen molar-refractivity contribution in [1.29, 1.82) is 0 Å². The Kier molecular flexibility index (Phi) is 11.9. The Morgan fingerprint density at radius 3 is 1.17 bits per heavy atom. The molecule has 0 aliphatic rings. The van der Waals surface area contributed by atoms with E-state index in [2.05, 4.69) is 26.0 Å². The molecule has 0 radical (unpaired) electrons. The lowest BCUT2D eigenvalue weighted by molar-refractivity contribution is 0.283. The van der Waals surface area contributed by atoms with Crippen LogP contribution in [-0.2, 0) is 25.7 Å². The van der Waals surface area contributed by atoms with E-state index in [0.717, 1.165) is 38.5 Å². The lowest BCUT2D eigenvalue weighted by Gasteiger charge is -2.17. The SMILES string of the molecule is CCCCc1cc(CCCCO)c(CCCCO)cc1CCCC. The number of rotatable bonds is 14. The van der Waals surface area contributed by atoms with Crippen LogP contribution in [0.2, 0.25) is 0 Å². The Labute approximate surface area is 149 Å². The van der Waals surface area contributed by atoms with Gasteiger partial charge in [-0.2, -0.15) is 0 Å². The molecule has 0 bridgehead atoms. The second kappa shape index (κ2) is 13.4. The lowest BCUT2D eigenvalue weighted by atomic mass is 9.89. The van der Waals surface area contributed by atoms with E-state index in [9.17, 15) is 0 Å². The standard InChI is InChI=1S/C22H38O2/c1-3-5-11-19-17-21(13-7-9-15-23)22(14-8-10-16-24)18-20(19)12-6-4-2/h17-18,23-24H,3-16H2,1-2H3. The summed E-state index contributed by atoms with van der Waals surface area (Å²) in [5.74, 6) is 0. The van der Waals surface area contributed by atoms with Crippen molar-refractivity contribution in [3.8, 4) is 0 Å². The summed E-state index contributed by atoms with van der Waals surface area (Å²) >= 11 is 0. The fraction of sp³-hybridized carbons (Fsp3) is 0.727. The van der Waals surface area contributed by atoms with Crippen LogP contribution in [0.25, 0.3) is 0 Å². The van der Waals surface area contributed by atoms with E-state index >= 15 is 0 Å². The van der Waals surface area contributed by atoms with Crippen molar-refractivity contribution in [3.63, 3.8) is 0 Å². The van der Waals surface area contributed by atoms with E-state index < -0.39 is 0 Å². The molecule has 0 fully saturated rings. The van der Waals surface area contributed by atoms with Gasteiger partial charge in [0.25, 0.3) is 0 Å². The van der Waals surface area contributed by atoms with Gasteiger partial charge in [0.05, 0.1) is 0 Å². The third-order valence-electron chi connectivity index (χ3n) is 4.83. The molecule has 2 N–H and O–H groups in total. The Hall–Kier alpha value is -0.860. The minimum atomic E-state index is 0.289. The molecule has 24 heavy (non-hydrogen) atoms. The van der Waals surface area contributed by atoms with Gasteiger partial charge >= 0.3 is 0 Å². The summed E-state index contributed by atoms with van der Waals surface area (Å²) in [6, 6.07) is 4.93. The summed E-state index contributed by atoms with van der Waals surface area (Å²) in [6.07, 6.45) is 13.4. The fourth-order valence-electron chi connectivity index (χ4n) is 3.31. The van der Waals surface area contributed by atoms with E-state index in [0.29, 0.717) is 0 Å². The quantitative estimate of drug-likeness (QED) is 0.470. The summed E-state index contributed by atoms with van der Waals surface area (Å²) in [4.78, 5) is 0. The zero-order chi connectivity index (χ0) is 17.6. The topological polar surface area (TPSA) is 40.5 Å². The zero-order valence-electron chi connectivity index (χ0n) is 15.9. The first-order chi connectivity index (χ1) is 11.8. The monoisotopic (exact) mass is 334 g/mol. The van der Waals surface area contributed by atoms with Gasteiger partial charge in [-0.1, -0.05) is 38.8 Å². The van der Waals surface area contributed by atoms with Crippen molar-refractivity contribution in [1.82, 2.24) is 0 Å². The summed E-state index contributed by atoms with van der Waals surface area (Å²) in [5, 5.41) is 18.1. The van der Waals surface area contributed by atoms with Gasteiger partial charge in [0, 0.05) is 13.2 Å². The molecule has 0 aromatic heterocycles. The van der Waals surface area contributed by atoms with Gasteiger partial charge in [0.1, 0.15) is 0 Å². The Morgan fingerprint density at radius 1 is 0.542 bits per heavy atom. The summed E-state index contributed by atoms with van der Waals surface area (Å²) in [5.41, 5.74) is 6.06. The molecule has 0 aliphatic heterocycles. The second-order valence-electron chi connectivity index (χ2n) is 6.96. The van der Waals surface area contributed by atoms with Crippen molar-refractivity contribution in [2.24, 2.45) is 0 Å². The van der Waals surface area contributed by atoms with Crippen molar-refractivity contribution < 1.29 is 10.2 Å². The van der Waals surface area contributed by atoms with E-state index in [1.807, 2.05) is 0 Å². The maximum atomic E-state index is 9.07. The van der Waals surface area contributed by atoms with Crippen LogP contribution in [0.3, 0.4) is 0 Å². The predicted molar refractivity (Wildman–Crippen MR) is 104 cm³/mol. The van der Waals surface area contributed by atoms with Crippen LogP contribution >= 0.6 is 0 Å². The zero-order valence-corrected chi connectivity index (χ0v) is 15.9. The Bertz CT molecular complexity index is 399. The second-order valence-corrected chi connectivity index (χ2v) is 6.96. The predicted octanol–water partition coefficient (Wildman–Crippen LogP) is 5.00. The van der Waals surface area contributed by atoms with Crippen LogP contribution in [-0.4, -0.2) is 23.4 Å². The molecule has 0 spiro atoms. The lowest BCUT2D eigenvalue weighted by Crippen LogP contribution is -2.04. The highest BCUT2D eigenvalue weighted by Gasteiger charge is 2.10. The maximum Gasteiger partial charge on any atom is 0.0431 e. The molecule has 0 atom stereocenters. The van der Waals surface area contributed by atoms with Crippen LogP contribution in [0.4, 0.5) is 0 Å². The molecule has 2 nitrogen and oxygen atoms in total. The molecule has 1 aromatic carbocycles. The third-order valence-corrected chi connectivity index (χ3v) is 4.83. The molecule has 138 valence electrons. The third kappa shape index (κ3) is 7.81. The van der Waals surface area contributed by atoms with Crippen LogP contribution < -0.4 is 0 Å². The molecule has 0 amide bonds. The molecule has 2 heteroatoms. The Balaban J connectivity index is 2.99. The van der Waals surface area contributed by atoms with Gasteiger partial charge in [0.15, 0.2) is 0 Å². The van der Waals surface area contributed by atoms with E-state index in [4.69, 9.17) is 10.2 Å². The highest BCUT2D eigenvalue weighted by atomic mass is 16.3. The molecular weight excluding hydrogens is 296 g/mol. The van der Waals surface area contributed by atoms with Crippen molar-refractivity contribution >= 4 is 0 Å². The van der Waals surface area contributed by atoms with Crippen LogP contribution in [0.1, 0.15) is 87.5 Å². The first-order valence-electron chi connectivity index (χ1n) is 10.1. The number of benzene rings is 1. The Morgan fingerprint density at radius 2 is 0.875 bits per heavy atom. The van der Waals surface area contributed by atoms with Gasteiger partial charge in [-0.05, 0) is 86.5 Å². The minimum absolute atomic E-state index is 0.289. The molecule has 0 heterocycles. The molecular formula is C22H38O2. The normalized spacial score (nSPS) is 11.2. The van der Waals surface area contributed by atoms with E-state index in [1.165, 1.54) is 49.7 Å². The van der Waals surface area contributed by atoms with Crippen LogP contribution in [0.15, 0.2) is 12.1 Å². The van der Waals surface area contributed by atoms with Crippen molar-refractivity contribution in [2.45, 2.75) is 90.9 Å². The summed E-state index contributed by atoms with van der Waals surface area (Å²) in [6.45, 7) is 5.10. The number of unbranched alkanes of at least 4 members (excludes halogenated alkanes) is 4. The van der Waals surface area contributed by atoms with Crippen molar-refractivity contribution in [3.05, 3.63) is 34.4 Å². The average molecular weight is 335 g/mol. The minimum Gasteiger partial charge on any atom is -0.396 e. The largest absolute Gasteiger partial charge is 0.396 e.